The molecule has 1 aliphatic rings. The van der Waals surface area contributed by atoms with Gasteiger partial charge in [0.2, 0.25) is 0 Å². The van der Waals surface area contributed by atoms with Gasteiger partial charge in [-0.1, -0.05) is 0 Å². The SMILES string of the molecule is COCC(OC(=O)c1ccc(C#N)[nH]1)C1CC1. The van der Waals surface area contributed by atoms with Crippen LogP contribution in [0.25, 0.3) is 0 Å². The summed E-state index contributed by atoms with van der Waals surface area (Å²) in [5, 5.41) is 8.64. The molecular formula is C12H14N2O3. The van der Waals surface area contributed by atoms with E-state index in [1.165, 1.54) is 0 Å². The Morgan fingerprint density at radius 3 is 2.94 bits per heavy atom. The number of rotatable bonds is 5. The molecule has 17 heavy (non-hydrogen) atoms. The lowest BCUT2D eigenvalue weighted by Crippen LogP contribution is -2.25. The van der Waals surface area contributed by atoms with Crippen LogP contribution in [0.5, 0.6) is 0 Å². The van der Waals surface area contributed by atoms with Crippen molar-refractivity contribution in [3.63, 3.8) is 0 Å². The molecule has 1 atom stereocenters. The second kappa shape index (κ2) is 5.02. The third-order valence-corrected chi connectivity index (χ3v) is 2.76. The van der Waals surface area contributed by atoms with Crippen LogP contribution >= 0.6 is 0 Å². The molecule has 1 fully saturated rings. The van der Waals surface area contributed by atoms with Gasteiger partial charge in [0.1, 0.15) is 23.6 Å². The molecule has 1 N–H and O–H groups in total. The quantitative estimate of drug-likeness (QED) is 0.783. The number of nitrogens with one attached hydrogen (secondary N) is 1. The molecule has 1 aromatic rings. The van der Waals surface area contributed by atoms with Gasteiger partial charge in [-0.15, -0.1) is 0 Å². The molecule has 5 heteroatoms. The molecule has 1 heterocycles. The number of aromatic amines is 1. The smallest absolute Gasteiger partial charge is 0.355 e. The van der Waals surface area contributed by atoms with Crippen LogP contribution < -0.4 is 0 Å². The highest BCUT2D eigenvalue weighted by atomic mass is 16.6. The number of ether oxygens (including phenoxy) is 2. The maximum atomic E-state index is 11.8. The molecular weight excluding hydrogens is 220 g/mol. The zero-order valence-electron chi connectivity index (χ0n) is 9.60. The Kier molecular flexibility index (Phi) is 3.45. The third-order valence-electron chi connectivity index (χ3n) is 2.76. The minimum Gasteiger partial charge on any atom is -0.455 e. The van der Waals surface area contributed by atoms with Crippen LogP contribution in [0.1, 0.15) is 29.0 Å². The summed E-state index contributed by atoms with van der Waals surface area (Å²) < 4.78 is 10.4. The summed E-state index contributed by atoms with van der Waals surface area (Å²) in [4.78, 5) is 14.5. The van der Waals surface area contributed by atoms with Crippen LogP contribution in [0.2, 0.25) is 0 Å². The normalized spacial score (nSPS) is 16.2. The number of hydrogen-bond donors (Lipinski definition) is 1. The van der Waals surface area contributed by atoms with E-state index in [0.29, 0.717) is 23.9 Å². The Morgan fingerprint density at radius 1 is 1.65 bits per heavy atom. The Bertz CT molecular complexity index is 443. The van der Waals surface area contributed by atoms with Gasteiger partial charge in [-0.25, -0.2) is 4.79 Å². The highest BCUT2D eigenvalue weighted by Gasteiger charge is 2.34. The number of carbonyl (C=O) groups is 1. The maximum Gasteiger partial charge on any atom is 0.355 e. The summed E-state index contributed by atoms with van der Waals surface area (Å²) in [6.45, 7) is 0.419. The van der Waals surface area contributed by atoms with Gasteiger partial charge in [-0.3, -0.25) is 0 Å². The van der Waals surface area contributed by atoms with Gasteiger partial charge < -0.3 is 14.5 Å². The van der Waals surface area contributed by atoms with E-state index in [1.54, 1.807) is 19.2 Å². The van der Waals surface area contributed by atoms with Crippen molar-refractivity contribution in [3.05, 3.63) is 23.5 Å². The number of carbonyl (C=O) groups excluding carboxylic acids is 1. The van der Waals surface area contributed by atoms with Gasteiger partial charge >= 0.3 is 5.97 Å². The number of hydrogen-bond acceptors (Lipinski definition) is 4. The van der Waals surface area contributed by atoms with Crippen LogP contribution in [-0.4, -0.2) is 30.8 Å². The fourth-order valence-electron chi connectivity index (χ4n) is 1.68. The first-order chi connectivity index (χ1) is 8.24. The van der Waals surface area contributed by atoms with Gasteiger partial charge in [0.25, 0.3) is 0 Å². The van der Waals surface area contributed by atoms with E-state index in [-0.39, 0.29) is 6.10 Å². The highest BCUT2D eigenvalue weighted by Crippen LogP contribution is 2.34. The minimum absolute atomic E-state index is 0.179. The standard InChI is InChI=1S/C12H14N2O3/c1-16-7-11(8-2-3-8)17-12(15)10-5-4-9(6-13)14-10/h4-5,8,11,14H,2-3,7H2,1H3. The van der Waals surface area contributed by atoms with E-state index in [2.05, 4.69) is 4.98 Å². The first-order valence-corrected chi connectivity index (χ1v) is 5.53. The van der Waals surface area contributed by atoms with Gasteiger partial charge in [0, 0.05) is 7.11 Å². The van der Waals surface area contributed by atoms with Crippen LogP contribution in [0.4, 0.5) is 0 Å². The van der Waals surface area contributed by atoms with Gasteiger partial charge in [0.15, 0.2) is 0 Å². The van der Waals surface area contributed by atoms with Crippen molar-refractivity contribution in [2.75, 3.05) is 13.7 Å². The molecule has 0 radical (unpaired) electrons. The van der Waals surface area contributed by atoms with E-state index in [4.69, 9.17) is 14.7 Å². The molecule has 1 saturated carbocycles. The number of nitriles is 1. The zero-order valence-corrected chi connectivity index (χ0v) is 9.60. The van der Waals surface area contributed by atoms with Crippen molar-refractivity contribution in [2.45, 2.75) is 18.9 Å². The van der Waals surface area contributed by atoms with Gasteiger partial charge in [0.05, 0.1) is 6.61 Å². The Labute approximate surface area is 99.3 Å². The largest absolute Gasteiger partial charge is 0.455 e. The number of methoxy groups -OCH3 is 1. The molecule has 1 aliphatic carbocycles. The molecule has 1 unspecified atom stereocenters. The van der Waals surface area contributed by atoms with Crippen molar-refractivity contribution in [3.8, 4) is 6.07 Å². The van der Waals surface area contributed by atoms with E-state index < -0.39 is 5.97 Å². The third kappa shape index (κ3) is 2.86. The molecule has 2 rings (SSSR count). The fraction of sp³-hybridized carbons (Fsp3) is 0.500. The predicted molar refractivity (Wildman–Crippen MR) is 59.3 cm³/mol. The summed E-state index contributed by atoms with van der Waals surface area (Å²) >= 11 is 0. The molecule has 1 aromatic heterocycles. The topological polar surface area (TPSA) is 75.1 Å². The lowest BCUT2D eigenvalue weighted by molar-refractivity contribution is -0.00219. The monoisotopic (exact) mass is 234 g/mol. The van der Waals surface area contributed by atoms with Crippen LogP contribution in [0, 0.1) is 17.2 Å². The van der Waals surface area contributed by atoms with Crippen molar-refractivity contribution >= 4 is 5.97 Å². The van der Waals surface area contributed by atoms with Crippen molar-refractivity contribution in [1.29, 1.82) is 5.26 Å². The molecule has 5 nitrogen and oxygen atoms in total. The molecule has 0 bridgehead atoms. The number of nitrogens with zero attached hydrogens (tertiary/aromatic N) is 1. The lowest BCUT2D eigenvalue weighted by atomic mass is 10.2. The Hall–Kier alpha value is -1.80. The predicted octanol–water partition coefficient (Wildman–Crippen LogP) is 1.47. The first-order valence-electron chi connectivity index (χ1n) is 5.53. The number of H-pyrrole nitrogens is 1. The first kappa shape index (κ1) is 11.7. The molecule has 0 aliphatic heterocycles. The summed E-state index contributed by atoms with van der Waals surface area (Å²) in [5.41, 5.74) is 0.662. The van der Waals surface area contributed by atoms with Gasteiger partial charge in [-0.2, -0.15) is 5.26 Å². The van der Waals surface area contributed by atoms with E-state index >= 15 is 0 Å². The molecule has 0 amide bonds. The van der Waals surface area contributed by atoms with Crippen LogP contribution in [0.3, 0.4) is 0 Å². The minimum atomic E-state index is -0.430. The maximum absolute atomic E-state index is 11.8. The molecule has 0 spiro atoms. The number of aromatic nitrogens is 1. The second-order valence-corrected chi connectivity index (χ2v) is 4.13. The average molecular weight is 234 g/mol. The lowest BCUT2D eigenvalue weighted by Gasteiger charge is -2.15. The summed E-state index contributed by atoms with van der Waals surface area (Å²) in [7, 11) is 1.59. The highest BCUT2D eigenvalue weighted by molar-refractivity contribution is 5.87. The van der Waals surface area contributed by atoms with Gasteiger partial charge in [-0.05, 0) is 30.9 Å². The van der Waals surface area contributed by atoms with Crippen molar-refractivity contribution < 1.29 is 14.3 Å². The summed E-state index contributed by atoms with van der Waals surface area (Å²) in [6.07, 6.45) is 1.98. The molecule has 0 aromatic carbocycles. The van der Waals surface area contributed by atoms with Crippen LogP contribution in [-0.2, 0) is 9.47 Å². The van der Waals surface area contributed by atoms with E-state index in [0.717, 1.165) is 12.8 Å². The zero-order chi connectivity index (χ0) is 12.3. The van der Waals surface area contributed by atoms with E-state index in [9.17, 15) is 4.79 Å². The summed E-state index contributed by atoms with van der Waals surface area (Å²) in [6, 6.07) is 5.04. The molecule has 0 saturated heterocycles. The Morgan fingerprint density at radius 2 is 2.41 bits per heavy atom. The fourth-order valence-corrected chi connectivity index (χ4v) is 1.68. The number of esters is 1. The average Bonchev–Trinajstić information content (AvgIpc) is 3.06. The summed E-state index contributed by atoms with van der Waals surface area (Å²) in [5.74, 6) is -0.00949. The second-order valence-electron chi connectivity index (χ2n) is 4.13. The van der Waals surface area contributed by atoms with Crippen LogP contribution in [0.15, 0.2) is 12.1 Å². The van der Waals surface area contributed by atoms with Crippen molar-refractivity contribution in [1.82, 2.24) is 4.98 Å². The van der Waals surface area contributed by atoms with E-state index in [1.807, 2.05) is 6.07 Å². The Balaban J connectivity index is 1.97. The molecule has 90 valence electrons. The van der Waals surface area contributed by atoms with Crippen molar-refractivity contribution in [2.24, 2.45) is 5.92 Å².